The molecule has 25 heavy (non-hydrogen) atoms. The number of carbonyl (C=O) groups excluding carboxylic acids is 1. The smallest absolute Gasteiger partial charge is 0.271 e. The maximum atomic E-state index is 12.0. The van der Waals surface area contributed by atoms with Gasteiger partial charge in [-0.25, -0.2) is 5.43 Å². The van der Waals surface area contributed by atoms with Gasteiger partial charge in [-0.3, -0.25) is 4.79 Å². The summed E-state index contributed by atoms with van der Waals surface area (Å²) in [5.41, 5.74) is 6.14. The molecular weight excluding hydrogens is 314 g/mol. The molecule has 0 saturated heterocycles. The van der Waals surface area contributed by atoms with Crippen molar-refractivity contribution in [2.75, 3.05) is 7.11 Å². The SMILES string of the molecule is COc1ccc(-n2ccc(/C=N\NC(=O)c3ccc(C)cc3)c2)cc1. The van der Waals surface area contributed by atoms with Crippen molar-refractivity contribution >= 4 is 12.1 Å². The Labute approximate surface area is 146 Å². The van der Waals surface area contributed by atoms with Crippen molar-refractivity contribution in [1.29, 1.82) is 0 Å². The van der Waals surface area contributed by atoms with Crippen LogP contribution in [-0.4, -0.2) is 23.8 Å². The summed E-state index contributed by atoms with van der Waals surface area (Å²) in [6.45, 7) is 1.98. The molecule has 126 valence electrons. The lowest BCUT2D eigenvalue weighted by Gasteiger charge is -2.04. The first-order valence-electron chi connectivity index (χ1n) is 7.88. The third kappa shape index (κ3) is 4.14. The van der Waals surface area contributed by atoms with Crippen molar-refractivity contribution in [2.24, 2.45) is 5.10 Å². The van der Waals surface area contributed by atoms with Crippen LogP contribution in [0.5, 0.6) is 5.75 Å². The van der Waals surface area contributed by atoms with E-state index < -0.39 is 0 Å². The molecule has 0 bridgehead atoms. The highest BCUT2D eigenvalue weighted by atomic mass is 16.5. The molecule has 0 fully saturated rings. The van der Waals surface area contributed by atoms with Crippen LogP contribution in [0.1, 0.15) is 21.5 Å². The third-order valence-electron chi connectivity index (χ3n) is 3.78. The van der Waals surface area contributed by atoms with Crippen LogP contribution in [0.3, 0.4) is 0 Å². The molecule has 0 aliphatic rings. The van der Waals surface area contributed by atoms with Gasteiger partial charge in [0, 0.05) is 29.2 Å². The number of rotatable bonds is 5. The van der Waals surface area contributed by atoms with E-state index in [0.29, 0.717) is 5.56 Å². The molecule has 0 atom stereocenters. The summed E-state index contributed by atoms with van der Waals surface area (Å²) in [5.74, 6) is 0.586. The van der Waals surface area contributed by atoms with Gasteiger partial charge in [0.2, 0.25) is 0 Å². The van der Waals surface area contributed by atoms with E-state index in [1.807, 2.05) is 66.3 Å². The summed E-state index contributed by atoms with van der Waals surface area (Å²) >= 11 is 0. The molecule has 1 amide bonds. The fraction of sp³-hybridized carbons (Fsp3) is 0.100. The summed E-state index contributed by atoms with van der Waals surface area (Å²) in [7, 11) is 1.64. The minimum Gasteiger partial charge on any atom is -0.497 e. The normalized spacial score (nSPS) is 10.8. The summed E-state index contributed by atoms with van der Waals surface area (Å²) in [6.07, 6.45) is 5.49. The molecule has 5 heteroatoms. The lowest BCUT2D eigenvalue weighted by atomic mass is 10.1. The Bertz CT molecular complexity index is 878. The Kier molecular flexibility index (Phi) is 4.95. The van der Waals surface area contributed by atoms with Gasteiger partial charge in [-0.2, -0.15) is 5.10 Å². The first-order valence-corrected chi connectivity index (χ1v) is 7.88. The van der Waals surface area contributed by atoms with E-state index in [1.165, 1.54) is 0 Å². The molecule has 3 rings (SSSR count). The van der Waals surface area contributed by atoms with Crippen LogP contribution in [0, 0.1) is 6.92 Å². The van der Waals surface area contributed by atoms with Crippen LogP contribution >= 0.6 is 0 Å². The number of hydrogen-bond acceptors (Lipinski definition) is 3. The Hall–Kier alpha value is -3.34. The van der Waals surface area contributed by atoms with Crippen molar-refractivity contribution in [1.82, 2.24) is 9.99 Å². The van der Waals surface area contributed by atoms with Crippen LogP contribution in [0.4, 0.5) is 0 Å². The van der Waals surface area contributed by atoms with Gasteiger partial charge in [-0.1, -0.05) is 17.7 Å². The monoisotopic (exact) mass is 333 g/mol. The minimum atomic E-state index is -0.231. The molecule has 2 aromatic carbocycles. The predicted octanol–water partition coefficient (Wildman–Crippen LogP) is 3.56. The van der Waals surface area contributed by atoms with E-state index in [0.717, 1.165) is 22.6 Å². The Morgan fingerprint density at radius 3 is 2.48 bits per heavy atom. The topological polar surface area (TPSA) is 55.6 Å². The second-order valence-corrected chi connectivity index (χ2v) is 5.62. The van der Waals surface area contributed by atoms with Crippen LogP contribution in [0.2, 0.25) is 0 Å². The van der Waals surface area contributed by atoms with Gasteiger partial charge in [0.25, 0.3) is 5.91 Å². The molecule has 5 nitrogen and oxygen atoms in total. The van der Waals surface area contributed by atoms with E-state index in [1.54, 1.807) is 25.5 Å². The standard InChI is InChI=1S/C20H19N3O2/c1-15-3-5-17(6-4-15)20(24)22-21-13-16-11-12-23(14-16)18-7-9-19(25-2)10-8-18/h3-14H,1-2H3,(H,22,24)/b21-13-. The molecule has 1 heterocycles. The fourth-order valence-electron chi connectivity index (χ4n) is 2.34. The number of aryl methyl sites for hydroxylation is 1. The third-order valence-corrected chi connectivity index (χ3v) is 3.78. The number of aromatic nitrogens is 1. The number of nitrogens with one attached hydrogen (secondary N) is 1. The van der Waals surface area contributed by atoms with E-state index in [2.05, 4.69) is 10.5 Å². The number of ether oxygens (including phenoxy) is 1. The Morgan fingerprint density at radius 2 is 1.80 bits per heavy atom. The highest BCUT2D eigenvalue weighted by molar-refractivity contribution is 5.94. The Balaban J connectivity index is 1.63. The van der Waals surface area contributed by atoms with Gasteiger partial charge in [-0.05, 0) is 49.4 Å². The molecule has 1 aromatic heterocycles. The lowest BCUT2D eigenvalue weighted by molar-refractivity contribution is 0.0955. The number of hydrazone groups is 1. The van der Waals surface area contributed by atoms with Crippen LogP contribution < -0.4 is 10.2 Å². The second-order valence-electron chi connectivity index (χ2n) is 5.62. The van der Waals surface area contributed by atoms with Crippen molar-refractivity contribution < 1.29 is 9.53 Å². The molecule has 0 aliphatic heterocycles. The molecule has 0 unspecified atom stereocenters. The average molecular weight is 333 g/mol. The number of nitrogens with zero attached hydrogens (tertiary/aromatic N) is 2. The predicted molar refractivity (Wildman–Crippen MR) is 98.6 cm³/mol. The molecule has 1 N–H and O–H groups in total. The number of amides is 1. The summed E-state index contributed by atoms with van der Waals surface area (Å²) < 4.78 is 7.13. The zero-order chi connectivity index (χ0) is 17.6. The van der Waals surface area contributed by atoms with Gasteiger partial charge in [0.15, 0.2) is 0 Å². The van der Waals surface area contributed by atoms with Gasteiger partial charge in [0.1, 0.15) is 5.75 Å². The summed E-state index contributed by atoms with van der Waals surface area (Å²) in [5, 5.41) is 4.02. The van der Waals surface area contributed by atoms with E-state index in [4.69, 9.17) is 4.74 Å². The van der Waals surface area contributed by atoms with Crippen molar-refractivity contribution in [3.05, 3.63) is 83.7 Å². The van der Waals surface area contributed by atoms with Crippen LogP contribution in [-0.2, 0) is 0 Å². The molecule has 0 radical (unpaired) electrons. The molecule has 0 spiro atoms. The van der Waals surface area contributed by atoms with Gasteiger partial charge in [-0.15, -0.1) is 0 Å². The molecule has 0 aliphatic carbocycles. The van der Waals surface area contributed by atoms with E-state index >= 15 is 0 Å². The first-order chi connectivity index (χ1) is 12.2. The minimum absolute atomic E-state index is 0.231. The summed E-state index contributed by atoms with van der Waals surface area (Å²) in [4.78, 5) is 12.0. The highest BCUT2D eigenvalue weighted by Crippen LogP contribution is 2.15. The number of carbonyl (C=O) groups is 1. The zero-order valence-electron chi connectivity index (χ0n) is 14.1. The highest BCUT2D eigenvalue weighted by Gasteiger charge is 2.03. The van der Waals surface area contributed by atoms with E-state index in [9.17, 15) is 4.79 Å². The van der Waals surface area contributed by atoms with Crippen molar-refractivity contribution in [2.45, 2.75) is 6.92 Å². The quantitative estimate of drug-likeness (QED) is 0.573. The Morgan fingerprint density at radius 1 is 1.08 bits per heavy atom. The lowest BCUT2D eigenvalue weighted by Crippen LogP contribution is -2.17. The largest absolute Gasteiger partial charge is 0.497 e. The second kappa shape index (κ2) is 7.49. The molecule has 0 saturated carbocycles. The fourth-order valence-corrected chi connectivity index (χ4v) is 2.34. The van der Waals surface area contributed by atoms with Gasteiger partial charge < -0.3 is 9.30 Å². The zero-order valence-corrected chi connectivity index (χ0v) is 14.1. The first kappa shape index (κ1) is 16.5. The van der Waals surface area contributed by atoms with E-state index in [-0.39, 0.29) is 5.91 Å². The van der Waals surface area contributed by atoms with Gasteiger partial charge >= 0.3 is 0 Å². The molecule has 3 aromatic rings. The molecular formula is C20H19N3O2. The van der Waals surface area contributed by atoms with Crippen molar-refractivity contribution in [3.63, 3.8) is 0 Å². The van der Waals surface area contributed by atoms with Crippen LogP contribution in [0.25, 0.3) is 5.69 Å². The average Bonchev–Trinajstić information content (AvgIpc) is 3.11. The maximum absolute atomic E-state index is 12.0. The van der Waals surface area contributed by atoms with Crippen LogP contribution in [0.15, 0.2) is 72.1 Å². The maximum Gasteiger partial charge on any atom is 0.271 e. The summed E-state index contributed by atoms with van der Waals surface area (Å²) in [6, 6.07) is 17.0. The van der Waals surface area contributed by atoms with Crippen molar-refractivity contribution in [3.8, 4) is 11.4 Å². The number of benzene rings is 2. The number of methoxy groups -OCH3 is 1. The number of hydrogen-bond donors (Lipinski definition) is 1. The van der Waals surface area contributed by atoms with Gasteiger partial charge in [0.05, 0.1) is 13.3 Å².